The van der Waals surface area contributed by atoms with Crippen molar-refractivity contribution < 1.29 is 9.47 Å². The normalized spacial score (nSPS) is 23.5. The van der Waals surface area contributed by atoms with Crippen LogP contribution in [0.15, 0.2) is 15.8 Å². The molecule has 0 spiro atoms. The fourth-order valence-electron chi connectivity index (χ4n) is 2.67. The fraction of sp³-hybridized carbons (Fsp3) is 0.571. The number of fused-ring (bicyclic) bond motifs is 1. The predicted molar refractivity (Wildman–Crippen MR) is 86.6 cm³/mol. The molecule has 1 aliphatic heterocycles. The minimum atomic E-state index is -0.738. The lowest BCUT2D eigenvalue weighted by atomic mass is 10.2. The van der Waals surface area contributed by atoms with Crippen LogP contribution in [0.2, 0.25) is 0 Å². The Hall–Kier alpha value is -1.58. The lowest BCUT2D eigenvalue weighted by Gasteiger charge is -2.16. The van der Waals surface area contributed by atoms with Crippen LogP contribution in [0, 0.1) is 0 Å². The maximum absolute atomic E-state index is 12.1. The van der Waals surface area contributed by atoms with Crippen molar-refractivity contribution in [3.63, 3.8) is 0 Å². The van der Waals surface area contributed by atoms with Gasteiger partial charge in [0.15, 0.2) is 17.0 Å². The van der Waals surface area contributed by atoms with Gasteiger partial charge in [0.25, 0.3) is 5.56 Å². The molecular formula is C14H17BrN4O4. The van der Waals surface area contributed by atoms with Crippen LogP contribution in [-0.2, 0) is 23.6 Å². The fourth-order valence-corrected chi connectivity index (χ4v) is 3.15. The number of rotatable bonds is 2. The molecule has 1 aliphatic rings. The van der Waals surface area contributed by atoms with Crippen LogP contribution in [0.4, 0.5) is 0 Å². The molecule has 0 amide bonds. The second-order valence-corrected chi connectivity index (χ2v) is 6.57. The topological polar surface area (TPSA) is 88.2 Å². The van der Waals surface area contributed by atoms with Crippen molar-refractivity contribution in [1.82, 2.24) is 19.1 Å². The van der Waals surface area contributed by atoms with E-state index in [1.54, 1.807) is 7.05 Å². The first-order chi connectivity index (χ1) is 10.7. The van der Waals surface area contributed by atoms with Crippen LogP contribution in [0.1, 0.15) is 25.6 Å². The van der Waals surface area contributed by atoms with E-state index in [2.05, 4.69) is 25.9 Å². The Morgan fingerprint density at radius 2 is 1.96 bits per heavy atom. The maximum Gasteiger partial charge on any atom is 0.332 e. The molecule has 3 heterocycles. The van der Waals surface area contributed by atoms with Crippen molar-refractivity contribution in [3.8, 4) is 0 Å². The van der Waals surface area contributed by atoms with E-state index < -0.39 is 23.1 Å². The highest BCUT2D eigenvalue weighted by atomic mass is 79.9. The highest BCUT2D eigenvalue weighted by Gasteiger charge is 2.42. The summed E-state index contributed by atoms with van der Waals surface area (Å²) < 4.78 is 14.0. The number of aryl methyl sites for hydroxylation is 1. The van der Waals surface area contributed by atoms with E-state index in [1.807, 2.05) is 13.8 Å². The lowest BCUT2D eigenvalue weighted by Crippen LogP contribution is -2.38. The van der Waals surface area contributed by atoms with Crippen LogP contribution in [-0.4, -0.2) is 36.3 Å². The summed E-state index contributed by atoms with van der Waals surface area (Å²) >= 11 is 3.40. The third-order valence-electron chi connectivity index (χ3n) is 3.80. The molecule has 2 atom stereocenters. The van der Waals surface area contributed by atoms with Crippen LogP contribution in [0.5, 0.6) is 0 Å². The zero-order valence-corrected chi connectivity index (χ0v) is 14.8. The molecule has 0 radical (unpaired) electrons. The third kappa shape index (κ3) is 2.62. The summed E-state index contributed by atoms with van der Waals surface area (Å²) in [5.74, 6) is -0.738. The molecular weight excluding hydrogens is 368 g/mol. The van der Waals surface area contributed by atoms with E-state index in [9.17, 15) is 9.59 Å². The van der Waals surface area contributed by atoms with Crippen molar-refractivity contribution in [1.29, 1.82) is 0 Å². The van der Waals surface area contributed by atoms with Gasteiger partial charge in [0, 0.05) is 19.4 Å². The molecule has 23 heavy (non-hydrogen) atoms. The van der Waals surface area contributed by atoms with Gasteiger partial charge in [-0.05, 0) is 13.8 Å². The van der Waals surface area contributed by atoms with Crippen molar-refractivity contribution in [2.45, 2.75) is 31.8 Å². The van der Waals surface area contributed by atoms with Gasteiger partial charge in [0.1, 0.15) is 12.2 Å². The number of ether oxygens (including phenoxy) is 2. The number of aromatic nitrogens is 4. The maximum atomic E-state index is 12.1. The zero-order chi connectivity index (χ0) is 16.9. The summed E-state index contributed by atoms with van der Waals surface area (Å²) in [5.41, 5.74) is -0.0158. The quantitative estimate of drug-likeness (QED) is 0.705. The molecule has 1 fully saturated rings. The van der Waals surface area contributed by atoms with Crippen molar-refractivity contribution in [2.24, 2.45) is 14.1 Å². The van der Waals surface area contributed by atoms with Gasteiger partial charge in [-0.15, -0.1) is 0 Å². The number of halogens is 1. The summed E-state index contributed by atoms with van der Waals surface area (Å²) in [5, 5.41) is 0.566. The Balaban J connectivity index is 2.18. The Kier molecular flexibility index (Phi) is 3.89. The average molecular weight is 385 g/mol. The molecule has 2 aromatic heterocycles. The first-order valence-corrected chi connectivity index (χ1v) is 8.21. The van der Waals surface area contributed by atoms with E-state index in [1.165, 1.54) is 17.8 Å². The number of hydrogen-bond donors (Lipinski definition) is 0. The number of hydrogen-bond acceptors (Lipinski definition) is 6. The summed E-state index contributed by atoms with van der Waals surface area (Å²) in [6.45, 7) is 3.64. The van der Waals surface area contributed by atoms with E-state index in [-0.39, 0.29) is 17.3 Å². The first kappa shape index (κ1) is 16.3. The molecule has 9 heteroatoms. The second-order valence-electron chi connectivity index (χ2n) is 5.92. The van der Waals surface area contributed by atoms with E-state index >= 15 is 0 Å². The molecule has 0 saturated carbocycles. The van der Waals surface area contributed by atoms with Gasteiger partial charge < -0.3 is 9.47 Å². The number of alkyl halides is 1. The molecule has 1 saturated heterocycles. The zero-order valence-electron chi connectivity index (χ0n) is 13.2. The minimum Gasteiger partial charge on any atom is -0.343 e. The molecule has 3 rings (SSSR count). The van der Waals surface area contributed by atoms with Crippen molar-refractivity contribution in [2.75, 3.05) is 5.33 Å². The average Bonchev–Trinajstić information content (AvgIpc) is 2.85. The highest BCUT2D eigenvalue weighted by Crippen LogP contribution is 2.38. The van der Waals surface area contributed by atoms with Gasteiger partial charge in [-0.3, -0.25) is 13.9 Å². The van der Waals surface area contributed by atoms with Crippen LogP contribution in [0.3, 0.4) is 0 Å². The Bertz CT molecular complexity index is 889. The standard InChI is InChI=1S/C14H17BrN4O4/c1-14(2)22-8(5-15)10(23-14)7-6-16-9-11(17-7)18(3)13(21)19(4)12(9)20/h6,8,10H,5H2,1-4H3/t8-,10+/m0/s1. The van der Waals surface area contributed by atoms with E-state index in [0.29, 0.717) is 11.0 Å². The third-order valence-corrected chi connectivity index (χ3v) is 4.44. The minimum absolute atomic E-state index is 0.145. The van der Waals surface area contributed by atoms with Crippen LogP contribution in [0.25, 0.3) is 11.2 Å². The molecule has 0 unspecified atom stereocenters. The molecule has 8 nitrogen and oxygen atoms in total. The molecule has 2 aromatic rings. The highest BCUT2D eigenvalue weighted by molar-refractivity contribution is 9.09. The van der Waals surface area contributed by atoms with Crippen LogP contribution < -0.4 is 11.2 Å². The Morgan fingerprint density at radius 1 is 1.26 bits per heavy atom. The monoisotopic (exact) mass is 384 g/mol. The van der Waals surface area contributed by atoms with Crippen LogP contribution >= 0.6 is 15.9 Å². The largest absolute Gasteiger partial charge is 0.343 e. The van der Waals surface area contributed by atoms with E-state index in [4.69, 9.17) is 9.47 Å². The van der Waals surface area contributed by atoms with E-state index in [0.717, 1.165) is 4.57 Å². The molecule has 0 bridgehead atoms. The van der Waals surface area contributed by atoms with Gasteiger partial charge in [-0.2, -0.15) is 0 Å². The smallest absolute Gasteiger partial charge is 0.332 e. The Labute approximate surface area is 140 Å². The summed E-state index contributed by atoms with van der Waals surface area (Å²) in [7, 11) is 2.97. The van der Waals surface area contributed by atoms with Gasteiger partial charge in [-0.25, -0.2) is 14.8 Å². The molecule has 0 N–H and O–H groups in total. The van der Waals surface area contributed by atoms with Gasteiger partial charge >= 0.3 is 5.69 Å². The Morgan fingerprint density at radius 3 is 2.61 bits per heavy atom. The second kappa shape index (κ2) is 5.50. The lowest BCUT2D eigenvalue weighted by molar-refractivity contribution is -0.145. The summed E-state index contributed by atoms with van der Waals surface area (Å²) in [6, 6.07) is 0. The van der Waals surface area contributed by atoms with Gasteiger partial charge in [0.2, 0.25) is 0 Å². The molecule has 0 aromatic carbocycles. The number of nitrogens with zero attached hydrogens (tertiary/aromatic N) is 4. The molecule has 0 aliphatic carbocycles. The van der Waals surface area contributed by atoms with Gasteiger partial charge in [0.05, 0.1) is 11.9 Å². The molecule has 124 valence electrons. The summed E-state index contributed by atoms with van der Waals surface area (Å²) in [6.07, 6.45) is 0.833. The van der Waals surface area contributed by atoms with Crippen molar-refractivity contribution in [3.05, 3.63) is 32.7 Å². The predicted octanol–water partition coefficient (Wildman–Crippen LogP) is 0.615. The summed E-state index contributed by atoms with van der Waals surface area (Å²) in [4.78, 5) is 32.8. The SMILES string of the molecule is Cn1c(=O)c2ncc([C@H]3OC(C)(C)O[C@H]3CBr)nc2n(C)c1=O. The van der Waals surface area contributed by atoms with Gasteiger partial charge in [-0.1, -0.05) is 15.9 Å². The van der Waals surface area contributed by atoms with Crippen molar-refractivity contribution >= 4 is 27.1 Å². The first-order valence-electron chi connectivity index (χ1n) is 7.09.